The maximum absolute atomic E-state index is 15.2. The molecule has 0 spiro atoms. The van der Waals surface area contributed by atoms with Crippen molar-refractivity contribution in [3.63, 3.8) is 0 Å². The molecule has 3 aromatic rings. The van der Waals surface area contributed by atoms with Crippen molar-refractivity contribution in [2.24, 2.45) is 0 Å². The van der Waals surface area contributed by atoms with Crippen LogP contribution in [0, 0.1) is 5.82 Å². The van der Waals surface area contributed by atoms with Crippen molar-refractivity contribution in [1.29, 1.82) is 0 Å². The van der Waals surface area contributed by atoms with Gasteiger partial charge in [0.05, 0.1) is 31.4 Å². The number of nitrogens with zero attached hydrogens (tertiary/aromatic N) is 1. The zero-order valence-electron chi connectivity index (χ0n) is 27.4. The summed E-state index contributed by atoms with van der Waals surface area (Å²) >= 11 is 0. The number of ketones is 1. The summed E-state index contributed by atoms with van der Waals surface area (Å²) in [5, 5.41) is 12.5. The van der Waals surface area contributed by atoms with Crippen molar-refractivity contribution in [2.45, 2.75) is 25.0 Å². The fourth-order valence-corrected chi connectivity index (χ4v) is 5.21. The van der Waals surface area contributed by atoms with E-state index in [1.54, 1.807) is 12.1 Å². The summed E-state index contributed by atoms with van der Waals surface area (Å²) in [6.07, 6.45) is -1.53. The molecule has 15 heteroatoms. The molecule has 3 aromatic carbocycles. The number of carboxylic acid groups (broad SMARTS) is 1. The third-order valence-corrected chi connectivity index (χ3v) is 7.62. The first-order valence-corrected chi connectivity index (χ1v) is 15.0. The minimum atomic E-state index is -1.19. The second-order valence-electron chi connectivity index (χ2n) is 10.7. The number of esters is 1. The first-order valence-electron chi connectivity index (χ1n) is 15.0. The average molecular weight is 685 g/mol. The van der Waals surface area contributed by atoms with Crippen molar-refractivity contribution in [1.82, 2.24) is 10.2 Å². The second-order valence-corrected chi connectivity index (χ2v) is 10.7. The van der Waals surface area contributed by atoms with E-state index >= 15 is 4.39 Å². The summed E-state index contributed by atoms with van der Waals surface area (Å²) in [4.78, 5) is 53.3. The third kappa shape index (κ3) is 8.74. The Labute approximate surface area is 281 Å². The van der Waals surface area contributed by atoms with Gasteiger partial charge >= 0.3 is 12.1 Å². The van der Waals surface area contributed by atoms with E-state index in [9.17, 15) is 24.3 Å². The number of benzene rings is 3. The van der Waals surface area contributed by atoms with Crippen molar-refractivity contribution < 1.29 is 61.8 Å². The van der Waals surface area contributed by atoms with Gasteiger partial charge in [0.2, 0.25) is 0 Å². The van der Waals surface area contributed by atoms with E-state index in [0.29, 0.717) is 6.42 Å². The number of nitrogens with one attached hydrogen (secondary N) is 1. The Hall–Kier alpha value is -5.41. The zero-order chi connectivity index (χ0) is 35.5. The van der Waals surface area contributed by atoms with Crippen LogP contribution in [-0.4, -0.2) is 101 Å². The number of carbonyl (C=O) groups excluding carboxylic acids is 3. The molecule has 0 bridgehead atoms. The van der Waals surface area contributed by atoms with Crippen LogP contribution in [0.25, 0.3) is 0 Å². The molecule has 1 heterocycles. The summed E-state index contributed by atoms with van der Waals surface area (Å²) in [6, 6.07) is 11.8. The molecule has 0 unspecified atom stereocenters. The fourth-order valence-electron chi connectivity index (χ4n) is 5.21. The van der Waals surface area contributed by atoms with Gasteiger partial charge < -0.3 is 48.5 Å². The maximum atomic E-state index is 15.2. The first-order chi connectivity index (χ1) is 23.6. The largest absolute Gasteiger partial charge is 0.494 e. The zero-order valence-corrected chi connectivity index (χ0v) is 27.4. The molecular formula is C34H37FN2O12. The number of likely N-dealkylation sites (tertiary alicyclic amines) is 1. The minimum Gasteiger partial charge on any atom is -0.494 e. The van der Waals surface area contributed by atoms with Crippen LogP contribution in [0.5, 0.6) is 23.0 Å². The molecule has 0 aromatic heterocycles. The number of halogens is 1. The summed E-state index contributed by atoms with van der Waals surface area (Å²) in [5.41, 5.74) is -0.173. The minimum absolute atomic E-state index is 0.0486. The van der Waals surface area contributed by atoms with Crippen LogP contribution in [0.1, 0.15) is 49.5 Å². The topological polar surface area (TPSA) is 168 Å². The standard InChI is InChI=1S/C34H37FN2O12/c1-43-18-47-25-14-15-26(45-3)29(35)28(25)30(38)20-10-12-21(13-11-20)33(40)49-24-9-6-16-37(34(41)42)17-23(24)36-32(39)22-7-5-8-27(46-4)31(22)48-19-44-2/h5,7-8,10-15,23-24H,6,9,16-19H2,1-4H3,(H,36,39)(H,41,42)/t23-,24-/m1/s1. The molecule has 49 heavy (non-hydrogen) atoms. The average Bonchev–Trinajstić information content (AvgIpc) is 3.31. The van der Waals surface area contributed by atoms with E-state index in [1.807, 2.05) is 0 Å². The Bertz CT molecular complexity index is 1650. The highest BCUT2D eigenvalue weighted by atomic mass is 19.1. The van der Waals surface area contributed by atoms with E-state index < -0.39 is 41.7 Å². The molecule has 0 saturated carbocycles. The fraction of sp³-hybridized carbons (Fsp3) is 0.353. The molecule has 1 aliphatic rings. The van der Waals surface area contributed by atoms with Gasteiger partial charge in [0, 0.05) is 32.9 Å². The summed E-state index contributed by atoms with van der Waals surface area (Å²) < 4.78 is 52.2. The van der Waals surface area contributed by atoms with Gasteiger partial charge in [0.15, 0.2) is 42.4 Å². The van der Waals surface area contributed by atoms with Crippen molar-refractivity contribution in [2.75, 3.05) is 55.1 Å². The number of para-hydroxylation sites is 1. The third-order valence-electron chi connectivity index (χ3n) is 7.62. The Morgan fingerprint density at radius 2 is 1.51 bits per heavy atom. The van der Waals surface area contributed by atoms with Gasteiger partial charge in [-0.15, -0.1) is 0 Å². The molecule has 262 valence electrons. The van der Waals surface area contributed by atoms with Gasteiger partial charge in [0.1, 0.15) is 17.4 Å². The summed E-state index contributed by atoms with van der Waals surface area (Å²) in [5.74, 6) is -2.89. The lowest BCUT2D eigenvalue weighted by Gasteiger charge is -2.28. The number of ether oxygens (including phenoxy) is 7. The van der Waals surface area contributed by atoms with Crippen LogP contribution < -0.4 is 24.3 Å². The monoisotopic (exact) mass is 684 g/mol. The number of carbonyl (C=O) groups is 4. The lowest BCUT2D eigenvalue weighted by Crippen LogP contribution is -2.51. The highest BCUT2D eigenvalue weighted by molar-refractivity contribution is 6.11. The first kappa shape index (κ1) is 36.4. The van der Waals surface area contributed by atoms with Crippen LogP contribution >= 0.6 is 0 Å². The number of hydrogen-bond donors (Lipinski definition) is 2. The van der Waals surface area contributed by atoms with Crippen LogP contribution in [0.4, 0.5) is 9.18 Å². The molecular weight excluding hydrogens is 647 g/mol. The molecule has 4 rings (SSSR count). The van der Waals surface area contributed by atoms with Crippen LogP contribution in [0.2, 0.25) is 0 Å². The van der Waals surface area contributed by atoms with Gasteiger partial charge in [-0.1, -0.05) is 18.2 Å². The maximum Gasteiger partial charge on any atom is 0.407 e. The lowest BCUT2D eigenvalue weighted by atomic mass is 10.00. The molecule has 1 aliphatic heterocycles. The predicted molar refractivity (Wildman–Crippen MR) is 170 cm³/mol. The van der Waals surface area contributed by atoms with E-state index in [4.69, 9.17) is 33.2 Å². The number of amides is 2. The van der Waals surface area contributed by atoms with Gasteiger partial charge in [-0.2, -0.15) is 0 Å². The van der Waals surface area contributed by atoms with Crippen LogP contribution in [0.3, 0.4) is 0 Å². The normalized spacial score (nSPS) is 15.8. The Balaban J connectivity index is 1.56. The molecule has 1 saturated heterocycles. The van der Waals surface area contributed by atoms with Crippen molar-refractivity contribution in [3.8, 4) is 23.0 Å². The van der Waals surface area contributed by atoms with Crippen LogP contribution in [-0.2, 0) is 14.2 Å². The molecule has 0 aliphatic carbocycles. The Kier molecular flexibility index (Phi) is 12.7. The quantitative estimate of drug-likeness (QED) is 0.142. The van der Waals surface area contributed by atoms with E-state index in [1.165, 1.54) is 70.9 Å². The van der Waals surface area contributed by atoms with E-state index in [2.05, 4.69) is 5.32 Å². The second kappa shape index (κ2) is 17.1. The van der Waals surface area contributed by atoms with Gasteiger partial charge in [-0.05, 0) is 49.2 Å². The number of rotatable bonds is 14. The SMILES string of the molecule is COCOc1ccc(OC)c(F)c1C(=O)c1ccc(C(=O)O[C@@H]2CCCN(C(=O)O)C[C@H]2NC(=O)c2cccc(OC)c2OCOC)cc1. The summed E-state index contributed by atoms with van der Waals surface area (Å²) in [6.45, 7) is -0.403. The van der Waals surface area contributed by atoms with E-state index in [-0.39, 0.29) is 78.3 Å². The highest BCUT2D eigenvalue weighted by Crippen LogP contribution is 2.33. The highest BCUT2D eigenvalue weighted by Gasteiger charge is 2.34. The van der Waals surface area contributed by atoms with Gasteiger partial charge in [-0.3, -0.25) is 9.59 Å². The number of hydrogen-bond acceptors (Lipinski definition) is 11. The lowest BCUT2D eigenvalue weighted by molar-refractivity contribution is 0.0177. The molecule has 14 nitrogen and oxygen atoms in total. The van der Waals surface area contributed by atoms with Crippen LogP contribution in [0.15, 0.2) is 54.6 Å². The van der Waals surface area contributed by atoms with Gasteiger partial charge in [-0.25, -0.2) is 14.0 Å². The predicted octanol–water partition coefficient (Wildman–Crippen LogP) is 4.14. The Morgan fingerprint density at radius 3 is 2.16 bits per heavy atom. The van der Waals surface area contributed by atoms with Gasteiger partial charge in [0.25, 0.3) is 5.91 Å². The smallest absolute Gasteiger partial charge is 0.407 e. The molecule has 2 atom stereocenters. The van der Waals surface area contributed by atoms with E-state index in [0.717, 1.165) is 4.90 Å². The number of methoxy groups -OCH3 is 4. The summed E-state index contributed by atoms with van der Waals surface area (Å²) in [7, 11) is 5.47. The molecule has 2 amide bonds. The molecule has 1 fully saturated rings. The Morgan fingerprint density at radius 1 is 0.857 bits per heavy atom. The van der Waals surface area contributed by atoms with Crippen molar-refractivity contribution >= 4 is 23.8 Å². The molecule has 0 radical (unpaired) electrons. The van der Waals surface area contributed by atoms with Crippen molar-refractivity contribution in [3.05, 3.63) is 82.7 Å². The molecule has 2 N–H and O–H groups in total.